The molecule has 0 amide bonds. The summed E-state index contributed by atoms with van der Waals surface area (Å²) in [6.45, 7) is 4.22. The molecule has 2 aromatic rings. The van der Waals surface area contributed by atoms with Crippen molar-refractivity contribution in [2.75, 3.05) is 36.1 Å². The molecule has 1 aliphatic heterocycles. The van der Waals surface area contributed by atoms with Crippen LogP contribution in [0, 0.1) is 5.41 Å². The molecule has 7 nitrogen and oxygen atoms in total. The Labute approximate surface area is 171 Å². The van der Waals surface area contributed by atoms with Crippen LogP contribution in [-0.2, 0) is 16.2 Å². The van der Waals surface area contributed by atoms with Crippen molar-refractivity contribution in [2.24, 2.45) is 5.73 Å². The Morgan fingerprint density at radius 2 is 1.63 bits per heavy atom. The van der Waals surface area contributed by atoms with Gasteiger partial charge in [-0.3, -0.25) is 10.3 Å². The zero-order valence-corrected chi connectivity index (χ0v) is 16.1. The predicted octanol–water partition coefficient (Wildman–Crippen LogP) is 2.73. The zero-order valence-electron chi connectivity index (χ0n) is 16.1. The molecular formula is C20H22F3N5O2. The number of carbonyl (C=O) groups is 1. The largest absolute Gasteiger partial charge is 0.493 e. The van der Waals surface area contributed by atoms with E-state index >= 15 is 0 Å². The van der Waals surface area contributed by atoms with Crippen LogP contribution in [0.1, 0.15) is 5.56 Å². The second-order valence-corrected chi connectivity index (χ2v) is 6.82. The number of nitrogens with zero attached hydrogens (tertiary/aromatic N) is 3. The molecule has 3 rings (SSSR count). The summed E-state index contributed by atoms with van der Waals surface area (Å²) in [7, 11) is 0. The first kappa shape index (κ1) is 21.4. The van der Waals surface area contributed by atoms with Gasteiger partial charge in [-0.1, -0.05) is 30.3 Å². The quantitative estimate of drug-likeness (QED) is 0.449. The number of guanidine groups is 1. The van der Waals surface area contributed by atoms with Gasteiger partial charge in [-0.25, -0.2) is 4.79 Å². The van der Waals surface area contributed by atoms with Crippen LogP contribution in [0.15, 0.2) is 54.6 Å². The SMILES string of the molecule is N=C(N)N(OC(=O)C(F)(F)F)c1ccc(N2CCN(Cc3ccccc3)CC2)cc1. The van der Waals surface area contributed by atoms with Crippen molar-refractivity contribution in [1.29, 1.82) is 5.41 Å². The Bertz CT molecular complexity index is 866. The Morgan fingerprint density at radius 3 is 2.17 bits per heavy atom. The van der Waals surface area contributed by atoms with E-state index in [1.165, 1.54) is 17.7 Å². The second kappa shape index (κ2) is 9.04. The van der Waals surface area contributed by atoms with Gasteiger partial charge in [0.1, 0.15) is 0 Å². The number of hydrogen-bond acceptors (Lipinski definition) is 5. The fourth-order valence-electron chi connectivity index (χ4n) is 3.18. The van der Waals surface area contributed by atoms with Crippen LogP contribution in [0.4, 0.5) is 24.5 Å². The first-order chi connectivity index (χ1) is 14.2. The maximum absolute atomic E-state index is 12.4. The second-order valence-electron chi connectivity index (χ2n) is 6.82. The molecular weight excluding hydrogens is 399 g/mol. The lowest BCUT2D eigenvalue weighted by Crippen LogP contribution is -2.46. The van der Waals surface area contributed by atoms with Gasteiger partial charge in [-0.05, 0) is 29.8 Å². The molecule has 0 aliphatic carbocycles. The van der Waals surface area contributed by atoms with Crippen molar-refractivity contribution in [3.05, 3.63) is 60.2 Å². The molecule has 10 heteroatoms. The normalized spacial score (nSPS) is 15.0. The van der Waals surface area contributed by atoms with E-state index in [1.807, 2.05) is 18.2 Å². The number of benzene rings is 2. The van der Waals surface area contributed by atoms with Crippen LogP contribution in [0.3, 0.4) is 0 Å². The van der Waals surface area contributed by atoms with E-state index in [1.54, 1.807) is 12.1 Å². The molecule has 0 unspecified atom stereocenters. The highest BCUT2D eigenvalue weighted by atomic mass is 19.4. The van der Waals surface area contributed by atoms with Gasteiger partial charge in [-0.15, -0.1) is 5.06 Å². The molecule has 1 fully saturated rings. The highest BCUT2D eigenvalue weighted by Gasteiger charge is 2.43. The van der Waals surface area contributed by atoms with Crippen LogP contribution >= 0.6 is 0 Å². The molecule has 1 heterocycles. The van der Waals surface area contributed by atoms with Crippen molar-refractivity contribution in [3.8, 4) is 0 Å². The number of alkyl halides is 3. The molecule has 1 aliphatic rings. The van der Waals surface area contributed by atoms with Gasteiger partial charge in [0.2, 0.25) is 5.96 Å². The zero-order chi connectivity index (χ0) is 21.7. The van der Waals surface area contributed by atoms with E-state index in [0.717, 1.165) is 38.4 Å². The lowest BCUT2D eigenvalue weighted by Gasteiger charge is -2.36. The highest BCUT2D eigenvalue weighted by molar-refractivity contribution is 5.93. The third kappa shape index (κ3) is 5.41. The van der Waals surface area contributed by atoms with Crippen LogP contribution in [0.2, 0.25) is 0 Å². The Hall–Kier alpha value is -3.27. The number of rotatable bonds is 4. The summed E-state index contributed by atoms with van der Waals surface area (Å²) in [5, 5.41) is 7.74. The van der Waals surface area contributed by atoms with Crippen LogP contribution in [-0.4, -0.2) is 49.2 Å². The topological polar surface area (TPSA) is 85.9 Å². The summed E-state index contributed by atoms with van der Waals surface area (Å²) < 4.78 is 37.3. The number of hydroxylamine groups is 1. The number of anilines is 2. The lowest BCUT2D eigenvalue weighted by molar-refractivity contribution is -0.199. The number of piperazine rings is 1. The summed E-state index contributed by atoms with van der Waals surface area (Å²) in [5.74, 6) is -3.29. The number of carbonyl (C=O) groups excluding carboxylic acids is 1. The molecule has 0 atom stereocenters. The van der Waals surface area contributed by atoms with E-state index < -0.39 is 18.1 Å². The van der Waals surface area contributed by atoms with Crippen LogP contribution in [0.5, 0.6) is 0 Å². The molecule has 2 aromatic carbocycles. The fourth-order valence-corrected chi connectivity index (χ4v) is 3.18. The summed E-state index contributed by atoms with van der Waals surface area (Å²) in [6, 6.07) is 16.5. The van der Waals surface area contributed by atoms with Crippen LogP contribution < -0.4 is 15.7 Å². The fraction of sp³-hybridized carbons (Fsp3) is 0.300. The summed E-state index contributed by atoms with van der Waals surface area (Å²) in [5.41, 5.74) is 7.45. The van der Waals surface area contributed by atoms with E-state index in [9.17, 15) is 18.0 Å². The average Bonchev–Trinajstić information content (AvgIpc) is 2.72. The molecule has 0 aromatic heterocycles. The molecule has 160 valence electrons. The monoisotopic (exact) mass is 421 g/mol. The molecule has 30 heavy (non-hydrogen) atoms. The summed E-state index contributed by atoms with van der Waals surface area (Å²) in [4.78, 5) is 19.8. The van der Waals surface area contributed by atoms with Gasteiger partial charge in [0, 0.05) is 38.4 Å². The molecule has 3 N–H and O–H groups in total. The smallest absolute Gasteiger partial charge is 0.369 e. The summed E-state index contributed by atoms with van der Waals surface area (Å²) >= 11 is 0. The molecule has 1 saturated heterocycles. The number of nitrogens with two attached hydrogens (primary N) is 1. The van der Waals surface area contributed by atoms with Crippen molar-refractivity contribution in [1.82, 2.24) is 4.90 Å². The first-order valence-electron chi connectivity index (χ1n) is 9.28. The van der Waals surface area contributed by atoms with E-state index in [-0.39, 0.29) is 5.69 Å². The third-order valence-electron chi connectivity index (χ3n) is 4.70. The number of nitrogens with one attached hydrogen (secondary N) is 1. The third-order valence-corrected chi connectivity index (χ3v) is 4.70. The van der Waals surface area contributed by atoms with Crippen molar-refractivity contribution >= 4 is 23.3 Å². The predicted molar refractivity (Wildman–Crippen MR) is 107 cm³/mol. The van der Waals surface area contributed by atoms with E-state index in [4.69, 9.17) is 11.1 Å². The maximum atomic E-state index is 12.4. The Kier molecular flexibility index (Phi) is 6.46. The molecule has 0 spiro atoms. The Balaban J connectivity index is 1.60. The van der Waals surface area contributed by atoms with Crippen molar-refractivity contribution < 1.29 is 22.8 Å². The minimum atomic E-state index is -5.19. The van der Waals surface area contributed by atoms with Gasteiger partial charge in [0.05, 0.1) is 5.69 Å². The van der Waals surface area contributed by atoms with Gasteiger partial charge < -0.3 is 15.5 Å². The van der Waals surface area contributed by atoms with Crippen LogP contribution in [0.25, 0.3) is 0 Å². The first-order valence-corrected chi connectivity index (χ1v) is 9.28. The van der Waals surface area contributed by atoms with E-state index in [2.05, 4.69) is 26.8 Å². The van der Waals surface area contributed by atoms with Gasteiger partial charge in [-0.2, -0.15) is 13.2 Å². The van der Waals surface area contributed by atoms with Gasteiger partial charge >= 0.3 is 12.1 Å². The van der Waals surface area contributed by atoms with Gasteiger partial charge in [0.15, 0.2) is 0 Å². The number of halogens is 3. The maximum Gasteiger partial charge on any atom is 0.493 e. The van der Waals surface area contributed by atoms with Gasteiger partial charge in [0.25, 0.3) is 0 Å². The lowest BCUT2D eigenvalue weighted by atomic mass is 10.2. The standard InChI is InChI=1S/C20H22F3N5O2/c21-20(22,23)18(29)30-28(19(24)25)17-8-6-16(7-9-17)27-12-10-26(11-13-27)14-15-4-2-1-3-5-15/h1-9H,10-14H2,(H3,24,25). The average molecular weight is 421 g/mol. The highest BCUT2D eigenvalue weighted by Crippen LogP contribution is 2.24. The minimum absolute atomic E-state index is 0.0477. The Morgan fingerprint density at radius 1 is 1.03 bits per heavy atom. The number of hydrogen-bond donors (Lipinski definition) is 2. The molecule has 0 saturated carbocycles. The minimum Gasteiger partial charge on any atom is -0.369 e. The molecule has 0 bridgehead atoms. The summed E-state index contributed by atoms with van der Waals surface area (Å²) in [6.07, 6.45) is -5.19. The molecule has 0 radical (unpaired) electrons. The van der Waals surface area contributed by atoms with Crippen molar-refractivity contribution in [3.63, 3.8) is 0 Å². The van der Waals surface area contributed by atoms with Crippen molar-refractivity contribution in [2.45, 2.75) is 12.7 Å². The van der Waals surface area contributed by atoms with E-state index in [0.29, 0.717) is 5.06 Å².